The van der Waals surface area contributed by atoms with Gasteiger partial charge in [-0.3, -0.25) is 14.5 Å². The molecule has 0 atom stereocenters. The van der Waals surface area contributed by atoms with E-state index in [1.54, 1.807) is 12.4 Å². The lowest BCUT2D eigenvalue weighted by atomic mass is 9.85. The molecule has 0 bridgehead atoms. The van der Waals surface area contributed by atoms with Gasteiger partial charge in [0.05, 0.1) is 17.0 Å². The van der Waals surface area contributed by atoms with E-state index >= 15 is 0 Å². The van der Waals surface area contributed by atoms with Crippen LogP contribution in [-0.2, 0) is 13.3 Å². The molecule has 0 amide bonds. The maximum Gasteiger partial charge on any atom is 0.234 e. The minimum atomic E-state index is 0.201. The predicted molar refractivity (Wildman–Crippen MR) is 167 cm³/mol. The molecule has 0 radical (unpaired) electrons. The topological polar surface area (TPSA) is 105 Å². The number of pyridine rings is 1. The van der Waals surface area contributed by atoms with Gasteiger partial charge in [-0.15, -0.1) is 0 Å². The Morgan fingerprint density at radius 3 is 2.51 bits per heavy atom. The molecule has 2 fully saturated rings. The molecule has 1 saturated carbocycles. The van der Waals surface area contributed by atoms with Crippen molar-refractivity contribution >= 4 is 5.82 Å². The number of anilines is 1. The van der Waals surface area contributed by atoms with Crippen LogP contribution in [0.4, 0.5) is 5.82 Å². The molecule has 7 rings (SSSR count). The summed E-state index contributed by atoms with van der Waals surface area (Å²) in [5.41, 5.74) is 5.88. The lowest BCUT2D eigenvalue weighted by Crippen LogP contribution is -2.38. The van der Waals surface area contributed by atoms with Crippen LogP contribution in [0.5, 0.6) is 5.75 Å². The third-order valence-corrected chi connectivity index (χ3v) is 8.70. The minimum absolute atomic E-state index is 0.201. The van der Waals surface area contributed by atoms with Crippen LogP contribution in [0.2, 0.25) is 0 Å². The van der Waals surface area contributed by atoms with Gasteiger partial charge in [-0.2, -0.15) is 5.26 Å². The summed E-state index contributed by atoms with van der Waals surface area (Å²) in [5, 5.41) is 12.5. The Hall–Kier alpha value is -4.29. The van der Waals surface area contributed by atoms with Gasteiger partial charge in [-0.05, 0) is 43.4 Å². The fourth-order valence-corrected chi connectivity index (χ4v) is 6.58. The van der Waals surface area contributed by atoms with Gasteiger partial charge >= 0.3 is 0 Å². The fourth-order valence-electron chi connectivity index (χ4n) is 6.58. The molecule has 1 N–H and O–H groups in total. The number of piperidine rings is 1. The number of ether oxygens (including phenoxy) is 1. The van der Waals surface area contributed by atoms with Crippen molar-refractivity contribution in [1.82, 2.24) is 29.4 Å². The second-order valence-corrected chi connectivity index (χ2v) is 11.3. The van der Waals surface area contributed by atoms with Crippen LogP contribution in [0, 0.1) is 11.3 Å². The first-order chi connectivity index (χ1) is 21.2. The van der Waals surface area contributed by atoms with E-state index in [4.69, 9.17) is 15.0 Å². The molecule has 1 saturated heterocycles. The van der Waals surface area contributed by atoms with Crippen molar-refractivity contribution in [3.63, 3.8) is 0 Å². The van der Waals surface area contributed by atoms with Gasteiger partial charge in [0.2, 0.25) is 5.82 Å². The van der Waals surface area contributed by atoms with Gasteiger partial charge < -0.3 is 10.1 Å². The smallest absolute Gasteiger partial charge is 0.234 e. The van der Waals surface area contributed by atoms with E-state index < -0.39 is 0 Å². The van der Waals surface area contributed by atoms with E-state index in [1.165, 1.54) is 48.9 Å². The molecule has 9 heteroatoms. The highest BCUT2D eigenvalue weighted by Gasteiger charge is 2.30. The number of nitriles is 1. The van der Waals surface area contributed by atoms with Crippen molar-refractivity contribution < 1.29 is 4.74 Å². The summed E-state index contributed by atoms with van der Waals surface area (Å²) in [5.74, 6) is 3.27. The van der Waals surface area contributed by atoms with Crippen LogP contribution in [-0.4, -0.2) is 48.5 Å². The summed E-state index contributed by atoms with van der Waals surface area (Å²) < 4.78 is 8.43. The summed E-state index contributed by atoms with van der Waals surface area (Å²) >= 11 is 0. The Kier molecular flexibility index (Phi) is 8.94. The molecule has 0 spiro atoms. The lowest BCUT2D eigenvalue weighted by Gasteiger charge is -2.32. The summed E-state index contributed by atoms with van der Waals surface area (Å²) in [6.45, 7) is 7.47. The maximum atomic E-state index is 9.05. The van der Waals surface area contributed by atoms with Crippen LogP contribution in [0.3, 0.4) is 0 Å². The average Bonchev–Trinajstić information content (AvgIpc) is 3.48. The normalized spacial score (nSPS) is 17.0. The van der Waals surface area contributed by atoms with E-state index in [2.05, 4.69) is 54.0 Å². The number of benzene rings is 1. The molecule has 43 heavy (non-hydrogen) atoms. The standard InChI is InChI=1S/C32H34N8O.C2H6/c33-18-29-35-15-11-28(37-29)36-25-12-16-39(17-13-25)20-22-6-8-23(9-7-22)30-31(24-4-2-1-3-5-24)40-21-41-27-10-14-34-19-26(27)32(40)38-30;1-2/h6-11,14-15,19,24-25H,1-5,12-13,16-17,20-21H2,(H,35,36,37);1-2H3. The molecule has 5 heterocycles. The van der Waals surface area contributed by atoms with Crippen LogP contribution < -0.4 is 10.1 Å². The lowest BCUT2D eigenvalue weighted by molar-refractivity contribution is 0.211. The zero-order valence-corrected chi connectivity index (χ0v) is 25.2. The second-order valence-electron chi connectivity index (χ2n) is 11.3. The molecule has 2 aliphatic heterocycles. The zero-order valence-electron chi connectivity index (χ0n) is 25.2. The van der Waals surface area contributed by atoms with Crippen LogP contribution >= 0.6 is 0 Å². The molecule has 0 unspecified atom stereocenters. The quantitative estimate of drug-likeness (QED) is 0.268. The maximum absolute atomic E-state index is 9.05. The molecule has 9 nitrogen and oxygen atoms in total. The number of likely N-dealkylation sites (tertiary alicyclic amines) is 1. The number of aromatic nitrogens is 5. The first kappa shape index (κ1) is 28.8. The molecular weight excluding hydrogens is 536 g/mol. The highest BCUT2D eigenvalue weighted by Crippen LogP contribution is 2.43. The number of fused-ring (bicyclic) bond motifs is 3. The number of imidazole rings is 1. The van der Waals surface area contributed by atoms with Gasteiger partial charge in [0, 0.05) is 55.7 Å². The molecule has 4 aromatic rings. The van der Waals surface area contributed by atoms with E-state index in [-0.39, 0.29) is 5.82 Å². The predicted octanol–water partition coefficient (Wildman–Crippen LogP) is 6.77. The van der Waals surface area contributed by atoms with E-state index in [9.17, 15) is 0 Å². The number of nitrogens with one attached hydrogen (secondary N) is 1. The van der Waals surface area contributed by atoms with Gasteiger partial charge in [-0.25, -0.2) is 15.0 Å². The number of nitrogens with zero attached hydrogens (tertiary/aromatic N) is 7. The summed E-state index contributed by atoms with van der Waals surface area (Å²) in [6, 6.07) is 15.1. The molecule has 3 aromatic heterocycles. The number of hydrogen-bond donors (Lipinski definition) is 1. The molecular formula is C34H40N8O. The fraction of sp³-hybridized carbons (Fsp3) is 0.441. The van der Waals surface area contributed by atoms with Gasteiger partial charge in [0.25, 0.3) is 0 Å². The molecule has 222 valence electrons. The zero-order chi connectivity index (χ0) is 29.6. The van der Waals surface area contributed by atoms with Crippen LogP contribution in [0.25, 0.3) is 22.6 Å². The second kappa shape index (κ2) is 13.3. The van der Waals surface area contributed by atoms with Crippen molar-refractivity contribution in [3.8, 4) is 34.5 Å². The molecule has 1 aliphatic carbocycles. The number of hydrogen-bond acceptors (Lipinski definition) is 8. The number of rotatable bonds is 6. The monoisotopic (exact) mass is 576 g/mol. The Balaban J connectivity index is 0.00000161. The third kappa shape index (κ3) is 6.25. The Morgan fingerprint density at radius 2 is 1.74 bits per heavy atom. The van der Waals surface area contributed by atoms with Crippen molar-refractivity contribution in [1.29, 1.82) is 5.26 Å². The highest BCUT2D eigenvalue weighted by atomic mass is 16.5. The van der Waals surface area contributed by atoms with Crippen molar-refractivity contribution in [2.24, 2.45) is 0 Å². The largest absolute Gasteiger partial charge is 0.472 e. The summed E-state index contributed by atoms with van der Waals surface area (Å²) in [4.78, 5) is 20.3. The van der Waals surface area contributed by atoms with Gasteiger partial charge in [-0.1, -0.05) is 57.4 Å². The summed E-state index contributed by atoms with van der Waals surface area (Å²) in [7, 11) is 0. The third-order valence-electron chi connectivity index (χ3n) is 8.70. The van der Waals surface area contributed by atoms with Gasteiger partial charge in [0.1, 0.15) is 23.5 Å². The van der Waals surface area contributed by atoms with Crippen molar-refractivity contribution in [2.75, 3.05) is 18.4 Å². The first-order valence-corrected chi connectivity index (χ1v) is 15.7. The Morgan fingerprint density at radius 1 is 0.953 bits per heavy atom. The van der Waals surface area contributed by atoms with Crippen molar-refractivity contribution in [3.05, 3.63) is 72.1 Å². The molecule has 3 aliphatic rings. The van der Waals surface area contributed by atoms with Gasteiger partial charge in [0.15, 0.2) is 6.73 Å². The van der Waals surface area contributed by atoms with Crippen LogP contribution in [0.1, 0.15) is 81.8 Å². The average molecular weight is 577 g/mol. The van der Waals surface area contributed by atoms with E-state index in [0.717, 1.165) is 61.1 Å². The molecule has 1 aromatic carbocycles. The Labute approximate surface area is 254 Å². The minimum Gasteiger partial charge on any atom is -0.472 e. The highest BCUT2D eigenvalue weighted by molar-refractivity contribution is 5.72. The van der Waals surface area contributed by atoms with Crippen LogP contribution in [0.15, 0.2) is 55.0 Å². The SMILES string of the molecule is CC.N#Cc1nccc(NC2CCN(Cc3ccc(-c4nc5n(c4C4CCCCC4)COc4ccncc4-5)cc3)CC2)n1. The Bertz CT molecular complexity index is 1560. The van der Waals surface area contributed by atoms with E-state index in [1.807, 2.05) is 38.2 Å². The first-order valence-electron chi connectivity index (χ1n) is 15.7. The van der Waals surface area contributed by atoms with Crippen molar-refractivity contribution in [2.45, 2.75) is 84.0 Å². The van der Waals surface area contributed by atoms with E-state index in [0.29, 0.717) is 18.7 Å². The summed E-state index contributed by atoms with van der Waals surface area (Å²) in [6.07, 6.45) is 13.6.